The molecule has 0 unspecified atom stereocenters. The Hall–Kier alpha value is -4.91. The Labute approximate surface area is 214 Å². The maximum atomic E-state index is 13.5. The summed E-state index contributed by atoms with van der Waals surface area (Å²) in [6.07, 6.45) is 1.74. The highest BCUT2D eigenvalue weighted by Crippen LogP contribution is 2.22. The van der Waals surface area contributed by atoms with Gasteiger partial charge in [0.05, 0.1) is 18.5 Å². The quantitative estimate of drug-likeness (QED) is 0.170. The maximum Gasteiger partial charge on any atom is 0.255 e. The van der Waals surface area contributed by atoms with Gasteiger partial charge in [0, 0.05) is 17.7 Å². The maximum absolute atomic E-state index is 13.5. The summed E-state index contributed by atoms with van der Waals surface area (Å²) in [5.74, 6) is -0.278. The van der Waals surface area contributed by atoms with Crippen molar-refractivity contribution in [3.8, 4) is 5.75 Å². The summed E-state index contributed by atoms with van der Waals surface area (Å²) < 4.78 is 18.7. The van der Waals surface area contributed by atoms with Crippen molar-refractivity contribution in [3.63, 3.8) is 0 Å². The Balaban J connectivity index is 1.46. The molecule has 0 fully saturated rings. The average molecular weight is 496 g/mol. The Morgan fingerprint density at radius 2 is 1.51 bits per heavy atom. The first-order valence-corrected chi connectivity index (χ1v) is 11.6. The third-order valence-corrected chi connectivity index (χ3v) is 5.70. The molecule has 4 aromatic rings. The number of carbonyl (C=O) groups excluding carboxylic acids is 2. The second-order valence-electron chi connectivity index (χ2n) is 8.26. The molecule has 0 saturated heterocycles. The molecule has 0 atom stereocenters. The number of carbonyl (C=O) groups is 2. The standard InChI is InChI=1S/C30H26FN3O3/c1-37-25-16-8-20(9-17-25)18-26(22-12-14-24(31)15-13-22)30(36)33-19-21-6-10-23(11-7-21)29(35)34-28-5-3-2-4-27(28)32/h2-18H,19,32H2,1H3,(H,33,36)(H,34,35)/b26-18+. The normalized spacial score (nSPS) is 11.0. The van der Waals surface area contributed by atoms with Crippen LogP contribution in [0.4, 0.5) is 15.8 Å². The first kappa shape index (κ1) is 25.2. The van der Waals surface area contributed by atoms with Gasteiger partial charge in [-0.05, 0) is 71.3 Å². The van der Waals surface area contributed by atoms with Crippen LogP contribution in [-0.2, 0) is 11.3 Å². The van der Waals surface area contributed by atoms with E-state index < -0.39 is 0 Å². The SMILES string of the molecule is COc1ccc(/C=C(/C(=O)NCc2ccc(C(=O)Nc3ccccc3N)cc2)c2ccc(F)cc2)cc1. The average Bonchev–Trinajstić information content (AvgIpc) is 2.93. The second-order valence-corrected chi connectivity index (χ2v) is 8.26. The number of hydrogen-bond donors (Lipinski definition) is 3. The lowest BCUT2D eigenvalue weighted by Crippen LogP contribution is -2.24. The van der Waals surface area contributed by atoms with Gasteiger partial charge in [-0.15, -0.1) is 0 Å². The van der Waals surface area contributed by atoms with Crippen LogP contribution in [0.25, 0.3) is 11.6 Å². The number of amides is 2. The molecule has 0 aliphatic heterocycles. The number of halogens is 1. The molecule has 2 amide bonds. The minimum Gasteiger partial charge on any atom is -0.497 e. The van der Waals surface area contributed by atoms with Crippen LogP contribution >= 0.6 is 0 Å². The highest BCUT2D eigenvalue weighted by molar-refractivity contribution is 6.24. The number of nitrogens with one attached hydrogen (secondary N) is 2. The fourth-order valence-electron chi connectivity index (χ4n) is 3.63. The van der Waals surface area contributed by atoms with Crippen LogP contribution in [0.5, 0.6) is 5.75 Å². The molecular formula is C30H26FN3O3. The van der Waals surface area contributed by atoms with Gasteiger partial charge in [0.2, 0.25) is 0 Å². The molecule has 37 heavy (non-hydrogen) atoms. The van der Waals surface area contributed by atoms with Gasteiger partial charge in [-0.1, -0.05) is 48.5 Å². The zero-order valence-corrected chi connectivity index (χ0v) is 20.2. The van der Waals surface area contributed by atoms with Crippen molar-refractivity contribution < 1.29 is 18.7 Å². The Bertz CT molecular complexity index is 1410. The molecule has 0 aliphatic rings. The van der Waals surface area contributed by atoms with Crippen LogP contribution in [0.3, 0.4) is 0 Å². The molecular weight excluding hydrogens is 469 g/mol. The molecule has 7 heteroatoms. The molecule has 186 valence electrons. The lowest BCUT2D eigenvalue weighted by molar-refractivity contribution is -0.115. The monoisotopic (exact) mass is 495 g/mol. The topological polar surface area (TPSA) is 93.4 Å². The van der Waals surface area contributed by atoms with E-state index in [9.17, 15) is 14.0 Å². The van der Waals surface area contributed by atoms with Crippen LogP contribution in [0.1, 0.15) is 27.0 Å². The molecule has 0 bridgehead atoms. The largest absolute Gasteiger partial charge is 0.497 e. The minimum absolute atomic E-state index is 0.244. The summed E-state index contributed by atoms with van der Waals surface area (Å²) in [5, 5.41) is 5.70. The van der Waals surface area contributed by atoms with Crippen LogP contribution in [0.15, 0.2) is 97.1 Å². The van der Waals surface area contributed by atoms with E-state index in [1.807, 2.05) is 12.1 Å². The molecule has 0 aromatic heterocycles. The van der Waals surface area contributed by atoms with E-state index in [0.29, 0.717) is 33.8 Å². The van der Waals surface area contributed by atoms with E-state index in [1.165, 1.54) is 12.1 Å². The van der Waals surface area contributed by atoms with Crippen LogP contribution in [0.2, 0.25) is 0 Å². The molecule has 4 N–H and O–H groups in total. The lowest BCUT2D eigenvalue weighted by atomic mass is 10.0. The number of ether oxygens (including phenoxy) is 1. The number of benzene rings is 4. The molecule has 0 aliphatic carbocycles. The summed E-state index contributed by atoms with van der Waals surface area (Å²) >= 11 is 0. The van der Waals surface area contributed by atoms with Gasteiger partial charge < -0.3 is 21.1 Å². The number of hydrogen-bond acceptors (Lipinski definition) is 4. The van der Waals surface area contributed by atoms with Gasteiger partial charge in [0.15, 0.2) is 0 Å². The van der Waals surface area contributed by atoms with Crippen LogP contribution in [-0.4, -0.2) is 18.9 Å². The van der Waals surface area contributed by atoms with Gasteiger partial charge in [-0.3, -0.25) is 9.59 Å². The van der Waals surface area contributed by atoms with Gasteiger partial charge in [0.25, 0.3) is 11.8 Å². The van der Waals surface area contributed by atoms with E-state index >= 15 is 0 Å². The zero-order valence-electron chi connectivity index (χ0n) is 20.2. The first-order chi connectivity index (χ1) is 17.9. The van der Waals surface area contributed by atoms with Gasteiger partial charge >= 0.3 is 0 Å². The summed E-state index contributed by atoms with van der Waals surface area (Å²) in [6, 6.07) is 27.0. The summed E-state index contributed by atoms with van der Waals surface area (Å²) in [7, 11) is 1.58. The van der Waals surface area contributed by atoms with Crippen molar-refractivity contribution in [1.82, 2.24) is 5.32 Å². The minimum atomic E-state index is -0.382. The fourth-order valence-corrected chi connectivity index (χ4v) is 3.63. The number of anilines is 2. The fraction of sp³-hybridized carbons (Fsp3) is 0.0667. The van der Waals surface area contributed by atoms with E-state index in [2.05, 4.69) is 10.6 Å². The highest BCUT2D eigenvalue weighted by Gasteiger charge is 2.13. The van der Waals surface area contributed by atoms with Gasteiger partial charge in [-0.2, -0.15) is 0 Å². The molecule has 0 spiro atoms. The molecule has 0 saturated carbocycles. The van der Waals surface area contributed by atoms with Gasteiger partial charge in [0.1, 0.15) is 11.6 Å². The van der Waals surface area contributed by atoms with Gasteiger partial charge in [-0.25, -0.2) is 4.39 Å². The number of para-hydroxylation sites is 2. The second kappa shape index (κ2) is 11.7. The van der Waals surface area contributed by atoms with E-state index in [1.54, 1.807) is 86.0 Å². The zero-order chi connectivity index (χ0) is 26.2. The number of nitrogens with two attached hydrogens (primary N) is 1. The van der Waals surface area contributed by atoms with E-state index in [0.717, 1.165) is 11.1 Å². The van der Waals surface area contributed by atoms with Crippen molar-refractivity contribution in [2.75, 3.05) is 18.2 Å². The van der Waals surface area contributed by atoms with Crippen molar-refractivity contribution >= 4 is 34.8 Å². The Kier molecular flexibility index (Phi) is 7.95. The van der Waals surface area contributed by atoms with Crippen LogP contribution in [0, 0.1) is 5.82 Å². The van der Waals surface area contributed by atoms with Crippen LogP contribution < -0.4 is 21.1 Å². The molecule has 4 aromatic carbocycles. The van der Waals surface area contributed by atoms with Crippen molar-refractivity contribution in [2.24, 2.45) is 0 Å². The molecule has 0 heterocycles. The molecule has 4 rings (SSSR count). The van der Waals surface area contributed by atoms with E-state index in [4.69, 9.17) is 10.5 Å². The Morgan fingerprint density at radius 3 is 2.16 bits per heavy atom. The molecule has 0 radical (unpaired) electrons. The van der Waals surface area contributed by atoms with Crippen molar-refractivity contribution in [2.45, 2.75) is 6.54 Å². The predicted molar refractivity (Wildman–Crippen MR) is 144 cm³/mol. The smallest absolute Gasteiger partial charge is 0.255 e. The number of rotatable bonds is 8. The summed E-state index contributed by atoms with van der Waals surface area (Å²) in [5.41, 5.74) is 9.96. The van der Waals surface area contributed by atoms with Crippen molar-refractivity contribution in [1.29, 1.82) is 0 Å². The van der Waals surface area contributed by atoms with E-state index in [-0.39, 0.29) is 24.2 Å². The number of methoxy groups -OCH3 is 1. The summed E-state index contributed by atoms with van der Waals surface area (Å²) in [6.45, 7) is 0.244. The first-order valence-electron chi connectivity index (χ1n) is 11.6. The number of nitrogen functional groups attached to an aromatic ring is 1. The van der Waals surface area contributed by atoms with Crippen molar-refractivity contribution in [3.05, 3.63) is 125 Å². The molecule has 6 nitrogen and oxygen atoms in total. The third kappa shape index (κ3) is 6.61. The Morgan fingerprint density at radius 1 is 0.865 bits per heavy atom. The summed E-state index contributed by atoms with van der Waals surface area (Å²) in [4.78, 5) is 25.7. The highest BCUT2D eigenvalue weighted by atomic mass is 19.1. The predicted octanol–water partition coefficient (Wildman–Crippen LogP) is 5.53. The third-order valence-electron chi connectivity index (χ3n) is 5.70. The lowest BCUT2D eigenvalue weighted by Gasteiger charge is -2.11.